The lowest BCUT2D eigenvalue weighted by Gasteiger charge is -2.27. The molecule has 4 heteroatoms. The fourth-order valence-electron chi connectivity index (χ4n) is 3.61. The Kier molecular flexibility index (Phi) is 8.63. The molecular formula is C19H30Cl2N2. The molecule has 0 radical (unpaired) electrons. The van der Waals surface area contributed by atoms with E-state index in [9.17, 15) is 0 Å². The zero-order valence-corrected chi connectivity index (χ0v) is 15.5. The van der Waals surface area contributed by atoms with Crippen molar-refractivity contribution in [3.63, 3.8) is 0 Å². The predicted octanol–water partition coefficient (Wildman–Crippen LogP) is 4.57. The molecule has 1 aromatic carbocycles. The van der Waals surface area contributed by atoms with Gasteiger partial charge in [-0.1, -0.05) is 48.9 Å². The Hall–Kier alpha value is -0.540. The highest BCUT2D eigenvalue weighted by Gasteiger charge is 2.40. The fourth-order valence-corrected chi connectivity index (χ4v) is 3.61. The second-order valence-electron chi connectivity index (χ2n) is 6.71. The maximum absolute atomic E-state index is 5.99. The Bertz CT molecular complexity index is 481. The van der Waals surface area contributed by atoms with Crippen molar-refractivity contribution in [2.75, 3.05) is 0 Å². The minimum Gasteiger partial charge on any atom is -0.328 e. The zero-order valence-electron chi connectivity index (χ0n) is 13.9. The van der Waals surface area contributed by atoms with Crippen LogP contribution in [0.15, 0.2) is 35.9 Å². The zero-order chi connectivity index (χ0) is 14.7. The Balaban J connectivity index is 0.00000132. The van der Waals surface area contributed by atoms with Gasteiger partial charge in [-0.05, 0) is 50.0 Å². The van der Waals surface area contributed by atoms with E-state index in [2.05, 4.69) is 48.6 Å². The third kappa shape index (κ3) is 5.79. The molecule has 0 heterocycles. The lowest BCUT2D eigenvalue weighted by molar-refractivity contribution is 0.338. The van der Waals surface area contributed by atoms with Crippen LogP contribution in [0.1, 0.15) is 51.0 Å². The Labute approximate surface area is 153 Å². The van der Waals surface area contributed by atoms with Crippen molar-refractivity contribution in [3.05, 3.63) is 41.5 Å². The normalized spacial score (nSPS) is 30.1. The number of rotatable bonds is 5. The van der Waals surface area contributed by atoms with Crippen molar-refractivity contribution in [1.82, 2.24) is 5.32 Å². The Morgan fingerprint density at radius 2 is 1.78 bits per heavy atom. The van der Waals surface area contributed by atoms with Gasteiger partial charge in [-0.15, -0.1) is 24.8 Å². The number of nitrogens with two attached hydrogens (primary N) is 1. The SMILES string of the molecule is CCC(=Cc1ccccc1)C1C[C@@H]1NC1CCC(N)CC1.Cl.Cl. The van der Waals surface area contributed by atoms with E-state index in [4.69, 9.17) is 5.73 Å². The Morgan fingerprint density at radius 3 is 2.39 bits per heavy atom. The number of hydrogen-bond donors (Lipinski definition) is 2. The van der Waals surface area contributed by atoms with Gasteiger partial charge in [0.05, 0.1) is 0 Å². The van der Waals surface area contributed by atoms with Crippen LogP contribution in [0.25, 0.3) is 6.08 Å². The summed E-state index contributed by atoms with van der Waals surface area (Å²) in [6, 6.07) is 12.6. The summed E-state index contributed by atoms with van der Waals surface area (Å²) in [5.74, 6) is 0.755. The summed E-state index contributed by atoms with van der Waals surface area (Å²) in [6.07, 6.45) is 9.76. The molecule has 0 aromatic heterocycles. The van der Waals surface area contributed by atoms with Crippen LogP contribution in [0.2, 0.25) is 0 Å². The van der Waals surface area contributed by atoms with Crippen molar-refractivity contribution < 1.29 is 0 Å². The maximum Gasteiger partial charge on any atom is 0.0142 e. The molecule has 2 aliphatic rings. The lowest BCUT2D eigenvalue weighted by atomic mass is 9.91. The summed E-state index contributed by atoms with van der Waals surface area (Å²) < 4.78 is 0. The lowest BCUT2D eigenvalue weighted by Crippen LogP contribution is -2.38. The van der Waals surface area contributed by atoms with Crippen LogP contribution >= 0.6 is 24.8 Å². The molecule has 2 nitrogen and oxygen atoms in total. The van der Waals surface area contributed by atoms with Gasteiger partial charge in [-0.3, -0.25) is 0 Å². The van der Waals surface area contributed by atoms with Crippen LogP contribution < -0.4 is 11.1 Å². The molecule has 2 fully saturated rings. The molecule has 23 heavy (non-hydrogen) atoms. The average molecular weight is 357 g/mol. The second kappa shape index (κ2) is 9.68. The van der Waals surface area contributed by atoms with Gasteiger partial charge in [-0.25, -0.2) is 0 Å². The summed E-state index contributed by atoms with van der Waals surface area (Å²) in [4.78, 5) is 0. The predicted molar refractivity (Wildman–Crippen MR) is 104 cm³/mol. The molecule has 2 saturated carbocycles. The van der Waals surface area contributed by atoms with Crippen molar-refractivity contribution in [3.8, 4) is 0 Å². The first kappa shape index (κ1) is 20.5. The summed E-state index contributed by atoms with van der Waals surface area (Å²) in [6.45, 7) is 2.28. The van der Waals surface area contributed by atoms with Crippen molar-refractivity contribution >= 4 is 30.9 Å². The highest BCUT2D eigenvalue weighted by molar-refractivity contribution is 5.85. The maximum atomic E-state index is 5.99. The van der Waals surface area contributed by atoms with Gasteiger partial charge in [0.15, 0.2) is 0 Å². The first-order valence-corrected chi connectivity index (χ1v) is 8.53. The first-order chi connectivity index (χ1) is 10.3. The third-order valence-electron chi connectivity index (χ3n) is 5.05. The van der Waals surface area contributed by atoms with Crippen LogP contribution in [0.4, 0.5) is 0 Å². The number of nitrogens with one attached hydrogen (secondary N) is 1. The van der Waals surface area contributed by atoms with E-state index in [0.717, 1.165) is 12.3 Å². The second-order valence-corrected chi connectivity index (χ2v) is 6.71. The number of hydrogen-bond acceptors (Lipinski definition) is 2. The summed E-state index contributed by atoms with van der Waals surface area (Å²) in [5, 5.41) is 3.87. The monoisotopic (exact) mass is 356 g/mol. The molecule has 1 unspecified atom stereocenters. The van der Waals surface area contributed by atoms with Crippen molar-refractivity contribution in [1.29, 1.82) is 0 Å². The minimum absolute atomic E-state index is 0. The van der Waals surface area contributed by atoms with Crippen molar-refractivity contribution in [2.24, 2.45) is 11.7 Å². The van der Waals surface area contributed by atoms with E-state index in [0.29, 0.717) is 18.1 Å². The number of benzene rings is 1. The quantitative estimate of drug-likeness (QED) is 0.810. The van der Waals surface area contributed by atoms with Gasteiger partial charge in [-0.2, -0.15) is 0 Å². The smallest absolute Gasteiger partial charge is 0.0142 e. The van der Waals surface area contributed by atoms with E-state index in [1.54, 1.807) is 5.57 Å². The first-order valence-electron chi connectivity index (χ1n) is 8.53. The van der Waals surface area contributed by atoms with Gasteiger partial charge in [0, 0.05) is 18.1 Å². The van der Waals surface area contributed by atoms with Gasteiger partial charge in [0.25, 0.3) is 0 Å². The molecule has 0 saturated heterocycles. The molecule has 3 N–H and O–H groups in total. The molecule has 2 aliphatic carbocycles. The minimum atomic E-state index is 0. The van der Waals surface area contributed by atoms with Crippen LogP contribution in [-0.2, 0) is 0 Å². The van der Waals surface area contributed by atoms with Gasteiger partial charge in [0.1, 0.15) is 0 Å². The van der Waals surface area contributed by atoms with Crippen LogP contribution in [-0.4, -0.2) is 18.1 Å². The fraction of sp³-hybridized carbons (Fsp3) is 0.579. The average Bonchev–Trinajstić information content (AvgIpc) is 3.27. The van der Waals surface area contributed by atoms with E-state index < -0.39 is 0 Å². The molecule has 0 spiro atoms. The largest absolute Gasteiger partial charge is 0.328 e. The molecule has 3 rings (SSSR count). The van der Waals surface area contributed by atoms with E-state index in [-0.39, 0.29) is 24.8 Å². The molecular weight excluding hydrogens is 327 g/mol. The summed E-state index contributed by atoms with van der Waals surface area (Å²) in [5.41, 5.74) is 8.93. The third-order valence-corrected chi connectivity index (χ3v) is 5.05. The summed E-state index contributed by atoms with van der Waals surface area (Å²) >= 11 is 0. The molecule has 130 valence electrons. The molecule has 0 amide bonds. The van der Waals surface area contributed by atoms with E-state index >= 15 is 0 Å². The molecule has 1 aromatic rings. The Morgan fingerprint density at radius 1 is 1.13 bits per heavy atom. The van der Waals surface area contributed by atoms with E-state index in [1.807, 2.05) is 0 Å². The standard InChI is InChI=1S/C19H28N2.2ClH/c1-2-15(12-14-6-4-3-5-7-14)18-13-19(18)21-17-10-8-16(20)9-11-17;;/h3-7,12,16-19,21H,2,8-11,13,20H2,1H3;2*1H/t16?,17?,18?,19-;;/m0../s1. The van der Waals surface area contributed by atoms with Crippen LogP contribution in [0.5, 0.6) is 0 Å². The molecule has 0 bridgehead atoms. The van der Waals surface area contributed by atoms with Gasteiger partial charge >= 0.3 is 0 Å². The van der Waals surface area contributed by atoms with Crippen LogP contribution in [0, 0.1) is 5.92 Å². The highest BCUT2D eigenvalue weighted by Crippen LogP contribution is 2.40. The van der Waals surface area contributed by atoms with Crippen molar-refractivity contribution in [2.45, 2.75) is 63.6 Å². The highest BCUT2D eigenvalue weighted by atomic mass is 35.5. The topological polar surface area (TPSA) is 38.0 Å². The molecule has 0 aliphatic heterocycles. The van der Waals surface area contributed by atoms with E-state index in [1.165, 1.54) is 37.7 Å². The molecule has 2 atom stereocenters. The van der Waals surface area contributed by atoms with Crippen LogP contribution in [0.3, 0.4) is 0 Å². The summed E-state index contributed by atoms with van der Waals surface area (Å²) in [7, 11) is 0. The number of halogens is 2. The van der Waals surface area contributed by atoms with Gasteiger partial charge < -0.3 is 11.1 Å². The van der Waals surface area contributed by atoms with Gasteiger partial charge in [0.2, 0.25) is 0 Å².